The number of halogens is 4. The number of esters is 1. The number of hydrogen-bond donors (Lipinski definition) is 0. The summed E-state index contributed by atoms with van der Waals surface area (Å²) in [4.78, 5) is 27.0. The molecule has 4 rings (SSSR count). The van der Waals surface area contributed by atoms with Crippen molar-refractivity contribution in [1.29, 1.82) is 0 Å². The van der Waals surface area contributed by atoms with Gasteiger partial charge >= 0.3 is 12.1 Å². The van der Waals surface area contributed by atoms with Gasteiger partial charge in [0.1, 0.15) is 5.82 Å². The summed E-state index contributed by atoms with van der Waals surface area (Å²) >= 11 is 0. The second-order valence-electron chi connectivity index (χ2n) is 10.6. The number of nitrogens with zero attached hydrogens (tertiary/aromatic N) is 2. The van der Waals surface area contributed by atoms with Gasteiger partial charge in [-0.15, -0.1) is 0 Å². The van der Waals surface area contributed by atoms with Crippen LogP contribution >= 0.6 is 0 Å². The predicted molar refractivity (Wildman–Crippen MR) is 137 cm³/mol. The number of carbonyl (C=O) groups excluding carboxylic acids is 1. The highest BCUT2D eigenvalue weighted by Gasteiger charge is 2.52. The second kappa shape index (κ2) is 12.0. The van der Waals surface area contributed by atoms with Crippen molar-refractivity contribution in [3.63, 3.8) is 0 Å². The molecule has 3 unspecified atom stereocenters. The SMILES string of the molecule is CCOC(=O)C1(C(C[N+](=O)[O-])c2ccc(F)cc2)CCN(C2CCCCC2c2ccc(C(F)(F)F)cc2)CC1. The maximum absolute atomic E-state index is 13.7. The van der Waals surface area contributed by atoms with Crippen LogP contribution in [0.3, 0.4) is 0 Å². The molecule has 1 aliphatic carbocycles. The Bertz CT molecular complexity index is 1130. The van der Waals surface area contributed by atoms with E-state index >= 15 is 0 Å². The molecule has 212 valence electrons. The molecule has 1 aliphatic heterocycles. The number of ether oxygens (including phenoxy) is 1. The molecule has 0 bridgehead atoms. The summed E-state index contributed by atoms with van der Waals surface area (Å²) in [5, 5.41) is 11.7. The minimum absolute atomic E-state index is 0.0581. The zero-order valence-electron chi connectivity index (χ0n) is 22.0. The molecule has 2 aliphatic rings. The van der Waals surface area contributed by atoms with Crippen LogP contribution in [0.5, 0.6) is 0 Å². The van der Waals surface area contributed by atoms with Gasteiger partial charge in [-0.25, -0.2) is 4.39 Å². The fraction of sp³-hybridized carbons (Fsp3) is 0.552. The third-order valence-corrected chi connectivity index (χ3v) is 8.51. The van der Waals surface area contributed by atoms with Crippen molar-refractivity contribution in [3.8, 4) is 0 Å². The zero-order chi connectivity index (χ0) is 28.2. The van der Waals surface area contributed by atoms with Gasteiger partial charge in [0.05, 0.1) is 23.5 Å². The largest absolute Gasteiger partial charge is 0.466 e. The van der Waals surface area contributed by atoms with E-state index in [1.54, 1.807) is 19.1 Å². The number of carbonyl (C=O) groups is 1. The molecule has 6 nitrogen and oxygen atoms in total. The van der Waals surface area contributed by atoms with Crippen LogP contribution in [0, 0.1) is 21.3 Å². The Morgan fingerprint density at radius 2 is 1.69 bits per heavy atom. The van der Waals surface area contributed by atoms with Crippen LogP contribution < -0.4 is 0 Å². The lowest BCUT2D eigenvalue weighted by atomic mass is 9.65. The quantitative estimate of drug-likeness (QED) is 0.161. The lowest BCUT2D eigenvalue weighted by Crippen LogP contribution is -2.53. The average Bonchev–Trinajstić information content (AvgIpc) is 2.92. The lowest BCUT2D eigenvalue weighted by Gasteiger charge is -2.48. The summed E-state index contributed by atoms with van der Waals surface area (Å²) in [6.07, 6.45) is -0.00289. The van der Waals surface area contributed by atoms with Crippen LogP contribution in [0.25, 0.3) is 0 Å². The van der Waals surface area contributed by atoms with Crippen molar-refractivity contribution in [2.75, 3.05) is 26.2 Å². The average molecular weight is 551 g/mol. The summed E-state index contributed by atoms with van der Waals surface area (Å²) in [5.74, 6) is -1.68. The molecule has 2 fully saturated rings. The first-order valence-electron chi connectivity index (χ1n) is 13.5. The predicted octanol–water partition coefficient (Wildman–Crippen LogP) is 6.58. The van der Waals surface area contributed by atoms with Crippen molar-refractivity contribution in [1.82, 2.24) is 4.90 Å². The molecule has 3 atom stereocenters. The summed E-state index contributed by atoms with van der Waals surface area (Å²) in [6, 6.07) is 11.0. The molecule has 2 aromatic carbocycles. The normalized spacial score (nSPS) is 22.7. The molecular weight excluding hydrogens is 516 g/mol. The van der Waals surface area contributed by atoms with Gasteiger partial charge in [0.25, 0.3) is 0 Å². The van der Waals surface area contributed by atoms with E-state index < -0.39 is 46.3 Å². The standard InChI is InChI=1S/C29H34F4N2O4/c1-2-39-27(36)28(25(19-35(37)38)21-9-13-23(30)14-10-21)15-17-34(18-16-28)26-6-4-3-5-24(26)20-7-11-22(12-8-20)29(31,32)33/h7-14,24-26H,2-6,15-19H2,1H3. The van der Waals surface area contributed by atoms with E-state index in [9.17, 15) is 32.5 Å². The van der Waals surface area contributed by atoms with Gasteiger partial charge in [-0.2, -0.15) is 13.2 Å². The lowest BCUT2D eigenvalue weighted by molar-refractivity contribution is -0.486. The van der Waals surface area contributed by atoms with Gasteiger partial charge in [-0.3, -0.25) is 19.8 Å². The van der Waals surface area contributed by atoms with Gasteiger partial charge in [-0.05, 0) is 87.0 Å². The third kappa shape index (κ3) is 6.42. The Morgan fingerprint density at radius 3 is 2.26 bits per heavy atom. The Kier molecular flexibility index (Phi) is 8.93. The van der Waals surface area contributed by atoms with Crippen molar-refractivity contribution in [3.05, 3.63) is 81.2 Å². The maximum Gasteiger partial charge on any atom is 0.416 e. The van der Waals surface area contributed by atoms with E-state index in [2.05, 4.69) is 4.90 Å². The molecule has 1 heterocycles. The molecule has 1 saturated carbocycles. The highest BCUT2D eigenvalue weighted by molar-refractivity contribution is 5.78. The first kappa shape index (κ1) is 29.0. The molecule has 1 saturated heterocycles. The number of piperidine rings is 1. The number of alkyl halides is 3. The number of rotatable bonds is 8. The molecule has 0 radical (unpaired) electrons. The van der Waals surface area contributed by atoms with Crippen molar-refractivity contribution in [2.45, 2.75) is 69.5 Å². The van der Waals surface area contributed by atoms with Crippen LogP contribution in [-0.2, 0) is 15.7 Å². The molecule has 0 amide bonds. The topological polar surface area (TPSA) is 72.7 Å². The van der Waals surface area contributed by atoms with Gasteiger partial charge in [-0.1, -0.05) is 37.1 Å². The van der Waals surface area contributed by atoms with E-state index in [0.29, 0.717) is 31.5 Å². The molecule has 10 heteroatoms. The van der Waals surface area contributed by atoms with Crippen molar-refractivity contribution in [2.24, 2.45) is 5.41 Å². The molecular formula is C29H34F4N2O4. The van der Waals surface area contributed by atoms with Crippen molar-refractivity contribution < 1.29 is 32.0 Å². The molecule has 0 spiro atoms. The van der Waals surface area contributed by atoms with E-state index in [1.807, 2.05) is 0 Å². The maximum atomic E-state index is 13.7. The van der Waals surface area contributed by atoms with E-state index in [0.717, 1.165) is 43.4 Å². The molecule has 0 N–H and O–H groups in total. The van der Waals surface area contributed by atoms with Crippen molar-refractivity contribution >= 4 is 5.97 Å². The minimum atomic E-state index is -4.39. The number of hydrogen-bond acceptors (Lipinski definition) is 5. The van der Waals surface area contributed by atoms with Crippen LogP contribution in [-0.4, -0.2) is 48.1 Å². The number of nitro groups is 1. The van der Waals surface area contributed by atoms with Gasteiger partial charge < -0.3 is 4.74 Å². The summed E-state index contributed by atoms with van der Waals surface area (Å²) in [7, 11) is 0. The summed E-state index contributed by atoms with van der Waals surface area (Å²) in [5.41, 5.74) is -0.425. The van der Waals surface area contributed by atoms with E-state index in [1.165, 1.54) is 24.3 Å². The van der Waals surface area contributed by atoms with E-state index in [-0.39, 0.29) is 18.6 Å². The Morgan fingerprint density at radius 1 is 1.08 bits per heavy atom. The number of benzene rings is 2. The summed E-state index contributed by atoms with van der Waals surface area (Å²) in [6.45, 7) is 2.34. The molecule has 2 aromatic rings. The van der Waals surface area contributed by atoms with Crippen LogP contribution in [0.2, 0.25) is 0 Å². The number of likely N-dealkylation sites (tertiary alicyclic amines) is 1. The smallest absolute Gasteiger partial charge is 0.416 e. The van der Waals surface area contributed by atoms with Gasteiger partial charge in [0.15, 0.2) is 0 Å². The summed E-state index contributed by atoms with van der Waals surface area (Å²) < 4.78 is 58.4. The monoisotopic (exact) mass is 550 g/mol. The highest BCUT2D eigenvalue weighted by Crippen LogP contribution is 2.48. The van der Waals surface area contributed by atoms with Crippen LogP contribution in [0.15, 0.2) is 48.5 Å². The Labute approximate surface area is 225 Å². The Balaban J connectivity index is 1.59. The molecule has 39 heavy (non-hydrogen) atoms. The van der Waals surface area contributed by atoms with Crippen LogP contribution in [0.4, 0.5) is 17.6 Å². The first-order chi connectivity index (χ1) is 18.5. The zero-order valence-corrected chi connectivity index (χ0v) is 22.0. The van der Waals surface area contributed by atoms with Crippen LogP contribution in [0.1, 0.15) is 74.0 Å². The minimum Gasteiger partial charge on any atom is -0.466 e. The first-order valence-corrected chi connectivity index (χ1v) is 13.5. The van der Waals surface area contributed by atoms with Gasteiger partial charge in [0, 0.05) is 11.0 Å². The van der Waals surface area contributed by atoms with E-state index in [4.69, 9.17) is 4.74 Å². The third-order valence-electron chi connectivity index (χ3n) is 8.51. The van der Waals surface area contributed by atoms with Gasteiger partial charge in [0.2, 0.25) is 6.54 Å². The fourth-order valence-corrected chi connectivity index (χ4v) is 6.52. The highest BCUT2D eigenvalue weighted by atomic mass is 19.4. The molecule has 0 aromatic heterocycles. The second-order valence-corrected chi connectivity index (χ2v) is 10.6. The Hall–Kier alpha value is -3.01. The fourth-order valence-electron chi connectivity index (χ4n) is 6.52.